The highest BCUT2D eigenvalue weighted by Gasteiger charge is 2.13. The molecule has 0 spiro atoms. The minimum atomic E-state index is -0.937. The Kier molecular flexibility index (Phi) is 3.25. The molecule has 0 amide bonds. The highest BCUT2D eigenvalue weighted by Crippen LogP contribution is 2.25. The van der Waals surface area contributed by atoms with Gasteiger partial charge >= 0.3 is 0 Å². The van der Waals surface area contributed by atoms with E-state index in [-0.39, 0.29) is 5.56 Å². The lowest BCUT2D eigenvalue weighted by atomic mass is 10.0. The topological polar surface area (TPSA) is 34.9 Å². The fourth-order valence-electron chi connectivity index (χ4n) is 2.31. The zero-order chi connectivity index (χ0) is 15.0. The van der Waals surface area contributed by atoms with Crippen molar-refractivity contribution >= 4 is 10.8 Å². The van der Waals surface area contributed by atoms with Crippen LogP contribution < -0.4 is 5.56 Å². The summed E-state index contributed by atoms with van der Waals surface area (Å²) in [5.41, 5.74) is 0.706. The van der Waals surface area contributed by atoms with Crippen LogP contribution in [-0.2, 0) is 6.54 Å². The molecule has 0 radical (unpaired) electrons. The standard InChI is InChI=1S/C16H12F2N2O/c1-2-20-16(21)12-6-4-3-5-11(12)15(19-20)10-7-8-13(17)14(18)9-10/h3-9H,2H2,1H3. The first kappa shape index (κ1) is 13.4. The molecule has 0 atom stereocenters. The molecule has 1 heterocycles. The van der Waals surface area contributed by atoms with Crippen molar-refractivity contribution < 1.29 is 8.78 Å². The maximum absolute atomic E-state index is 13.5. The number of halogens is 2. The quantitative estimate of drug-likeness (QED) is 0.724. The summed E-state index contributed by atoms with van der Waals surface area (Å²) < 4.78 is 27.9. The van der Waals surface area contributed by atoms with E-state index in [0.717, 1.165) is 12.1 Å². The molecule has 106 valence electrons. The smallest absolute Gasteiger partial charge is 0.267 e. The van der Waals surface area contributed by atoms with Crippen LogP contribution in [0.4, 0.5) is 8.78 Å². The van der Waals surface area contributed by atoms with Crippen molar-refractivity contribution in [3.8, 4) is 11.3 Å². The molecule has 0 aliphatic heterocycles. The van der Waals surface area contributed by atoms with Crippen molar-refractivity contribution in [3.63, 3.8) is 0 Å². The third-order valence-electron chi connectivity index (χ3n) is 3.36. The zero-order valence-electron chi connectivity index (χ0n) is 11.3. The Labute approximate surface area is 119 Å². The molecule has 0 N–H and O–H groups in total. The van der Waals surface area contributed by atoms with Gasteiger partial charge in [0.2, 0.25) is 0 Å². The van der Waals surface area contributed by atoms with Gasteiger partial charge in [0.05, 0.1) is 11.1 Å². The van der Waals surface area contributed by atoms with Gasteiger partial charge in [0.25, 0.3) is 5.56 Å². The van der Waals surface area contributed by atoms with E-state index in [0.29, 0.717) is 28.6 Å². The fraction of sp³-hybridized carbons (Fsp3) is 0.125. The molecule has 2 aromatic carbocycles. The first-order valence-corrected chi connectivity index (χ1v) is 6.57. The molecule has 0 saturated carbocycles. The molecule has 1 aromatic heterocycles. The minimum absolute atomic E-state index is 0.195. The number of hydrogen-bond donors (Lipinski definition) is 0. The SMILES string of the molecule is CCn1nc(-c2ccc(F)c(F)c2)c2ccccc2c1=O. The number of benzene rings is 2. The van der Waals surface area contributed by atoms with Crippen molar-refractivity contribution in [1.29, 1.82) is 0 Å². The van der Waals surface area contributed by atoms with E-state index in [9.17, 15) is 13.6 Å². The summed E-state index contributed by atoms with van der Waals surface area (Å²) in [5, 5.41) is 5.41. The molecular weight excluding hydrogens is 274 g/mol. The summed E-state index contributed by atoms with van der Waals surface area (Å²) in [6, 6.07) is 10.6. The second kappa shape index (κ2) is 5.09. The van der Waals surface area contributed by atoms with E-state index in [4.69, 9.17) is 0 Å². The van der Waals surface area contributed by atoms with Crippen LogP contribution in [0.1, 0.15) is 6.92 Å². The third kappa shape index (κ3) is 2.20. The molecule has 3 nitrogen and oxygen atoms in total. The summed E-state index contributed by atoms with van der Waals surface area (Å²) in [6.45, 7) is 2.21. The molecule has 0 aliphatic rings. The van der Waals surface area contributed by atoms with E-state index < -0.39 is 11.6 Å². The lowest BCUT2D eigenvalue weighted by Gasteiger charge is -2.10. The number of aromatic nitrogens is 2. The van der Waals surface area contributed by atoms with Crippen LogP contribution in [0.5, 0.6) is 0 Å². The van der Waals surface area contributed by atoms with Gasteiger partial charge in [-0.25, -0.2) is 13.5 Å². The van der Waals surface area contributed by atoms with Crippen molar-refractivity contribution in [2.45, 2.75) is 13.5 Å². The summed E-state index contributed by atoms with van der Waals surface area (Å²) in [6.07, 6.45) is 0. The third-order valence-corrected chi connectivity index (χ3v) is 3.36. The molecule has 0 bridgehead atoms. The van der Waals surface area contributed by atoms with Crippen LogP contribution >= 0.6 is 0 Å². The maximum Gasteiger partial charge on any atom is 0.274 e. The minimum Gasteiger partial charge on any atom is -0.267 e. The van der Waals surface area contributed by atoms with Crippen molar-refractivity contribution in [3.05, 3.63) is 64.5 Å². The van der Waals surface area contributed by atoms with Crippen molar-refractivity contribution in [2.24, 2.45) is 0 Å². The Morgan fingerprint density at radius 3 is 2.43 bits per heavy atom. The highest BCUT2D eigenvalue weighted by atomic mass is 19.2. The normalized spacial score (nSPS) is 11.0. The molecule has 5 heteroatoms. The Bertz CT molecular complexity index is 887. The van der Waals surface area contributed by atoms with Gasteiger partial charge in [0, 0.05) is 17.5 Å². The second-order valence-electron chi connectivity index (χ2n) is 4.64. The van der Waals surface area contributed by atoms with E-state index in [1.807, 2.05) is 0 Å². The lowest BCUT2D eigenvalue weighted by molar-refractivity contribution is 0.509. The summed E-state index contributed by atoms with van der Waals surface area (Å²) >= 11 is 0. The van der Waals surface area contributed by atoms with Gasteiger partial charge in [0.15, 0.2) is 11.6 Å². The van der Waals surface area contributed by atoms with Crippen LogP contribution in [0.25, 0.3) is 22.0 Å². The monoisotopic (exact) mass is 286 g/mol. The Morgan fingerprint density at radius 2 is 1.76 bits per heavy atom. The van der Waals surface area contributed by atoms with Gasteiger partial charge in [-0.3, -0.25) is 4.79 Å². The van der Waals surface area contributed by atoms with Gasteiger partial charge < -0.3 is 0 Å². The fourth-order valence-corrected chi connectivity index (χ4v) is 2.31. The molecule has 21 heavy (non-hydrogen) atoms. The zero-order valence-corrected chi connectivity index (χ0v) is 11.3. The van der Waals surface area contributed by atoms with E-state index in [2.05, 4.69) is 5.10 Å². The maximum atomic E-state index is 13.5. The Morgan fingerprint density at radius 1 is 1.05 bits per heavy atom. The number of nitrogens with zero attached hydrogens (tertiary/aromatic N) is 2. The average molecular weight is 286 g/mol. The van der Waals surface area contributed by atoms with Crippen molar-refractivity contribution in [2.75, 3.05) is 0 Å². The van der Waals surface area contributed by atoms with E-state index in [1.165, 1.54) is 10.7 Å². The van der Waals surface area contributed by atoms with Gasteiger partial charge in [-0.2, -0.15) is 5.10 Å². The molecule has 3 aromatic rings. The van der Waals surface area contributed by atoms with Gasteiger partial charge in [0.1, 0.15) is 0 Å². The first-order chi connectivity index (χ1) is 10.1. The van der Waals surface area contributed by atoms with Crippen LogP contribution in [0.2, 0.25) is 0 Å². The second-order valence-corrected chi connectivity index (χ2v) is 4.64. The molecule has 0 aliphatic carbocycles. The molecule has 0 unspecified atom stereocenters. The lowest BCUT2D eigenvalue weighted by Crippen LogP contribution is -2.22. The number of rotatable bonds is 2. The van der Waals surface area contributed by atoms with E-state index in [1.54, 1.807) is 31.2 Å². The Hall–Kier alpha value is -2.56. The summed E-state index contributed by atoms with van der Waals surface area (Å²) in [7, 11) is 0. The van der Waals surface area contributed by atoms with Crippen LogP contribution in [-0.4, -0.2) is 9.78 Å². The predicted molar refractivity (Wildman–Crippen MR) is 77.0 cm³/mol. The van der Waals surface area contributed by atoms with Crippen LogP contribution in [0.3, 0.4) is 0 Å². The van der Waals surface area contributed by atoms with Crippen LogP contribution in [0, 0.1) is 11.6 Å². The largest absolute Gasteiger partial charge is 0.274 e. The number of hydrogen-bond acceptors (Lipinski definition) is 2. The first-order valence-electron chi connectivity index (χ1n) is 6.57. The number of aryl methyl sites for hydroxylation is 1. The van der Waals surface area contributed by atoms with Crippen LogP contribution in [0.15, 0.2) is 47.3 Å². The highest BCUT2D eigenvalue weighted by molar-refractivity contribution is 5.93. The molecule has 0 fully saturated rings. The summed E-state index contributed by atoms with van der Waals surface area (Å²) in [4.78, 5) is 12.2. The average Bonchev–Trinajstić information content (AvgIpc) is 2.51. The molecular formula is C16H12F2N2O. The van der Waals surface area contributed by atoms with Gasteiger partial charge in [-0.1, -0.05) is 18.2 Å². The van der Waals surface area contributed by atoms with E-state index >= 15 is 0 Å². The van der Waals surface area contributed by atoms with Gasteiger partial charge in [-0.05, 0) is 31.2 Å². The molecule has 3 rings (SSSR count). The van der Waals surface area contributed by atoms with Crippen molar-refractivity contribution in [1.82, 2.24) is 9.78 Å². The summed E-state index contributed by atoms with van der Waals surface area (Å²) in [5.74, 6) is -1.85. The molecule has 0 saturated heterocycles. The number of fused-ring (bicyclic) bond motifs is 1. The Balaban J connectivity index is 2.38. The van der Waals surface area contributed by atoms with Gasteiger partial charge in [-0.15, -0.1) is 0 Å². The predicted octanol–water partition coefficient (Wildman–Crippen LogP) is 3.36.